The lowest BCUT2D eigenvalue weighted by Crippen LogP contribution is -2.61. The van der Waals surface area contributed by atoms with E-state index in [4.69, 9.17) is 14.2 Å². The summed E-state index contributed by atoms with van der Waals surface area (Å²) in [7, 11) is -3.87. The number of rotatable bonds is 11. The third kappa shape index (κ3) is 7.37. The standard InChI is InChI=1S/C31H49NO10S/c1-8-27(4,24(35)42-31-14-20-11-21(15-31)13-30(37,12-20)19-31)18-28(5,17-26(2,3)23(34)32-43(7,38)39)25(36)41-29(6)9-10-40-22(33)16-29/h20-21,37H,8-19H2,1-7H3,(H,32,34). The number of carbonyl (C=O) groups is 4. The summed E-state index contributed by atoms with van der Waals surface area (Å²) in [5.74, 6) is -1.82. The Hall–Kier alpha value is -2.21. The van der Waals surface area contributed by atoms with Crippen molar-refractivity contribution in [2.24, 2.45) is 28.1 Å². The highest BCUT2D eigenvalue weighted by Gasteiger charge is 2.60. The first-order valence-electron chi connectivity index (χ1n) is 15.4. The van der Waals surface area contributed by atoms with Crippen molar-refractivity contribution in [3.63, 3.8) is 0 Å². The van der Waals surface area contributed by atoms with Crippen molar-refractivity contribution in [2.45, 2.75) is 129 Å². The van der Waals surface area contributed by atoms with Gasteiger partial charge >= 0.3 is 17.9 Å². The van der Waals surface area contributed by atoms with Crippen molar-refractivity contribution < 1.29 is 46.9 Å². The Morgan fingerprint density at radius 2 is 1.58 bits per heavy atom. The molecule has 5 aliphatic rings. The van der Waals surface area contributed by atoms with E-state index in [0.717, 1.165) is 25.5 Å². The monoisotopic (exact) mass is 627 g/mol. The molecule has 5 rings (SSSR count). The molecule has 0 aromatic carbocycles. The molecule has 5 fully saturated rings. The molecule has 2 N–H and O–H groups in total. The SMILES string of the molecule is CCC(C)(CC(C)(CC(C)(C)C(=O)NS(C)(=O)=O)C(=O)OC1(C)CCOC(=O)C1)C(=O)OC12CC3CC(CC(O)(C3)C1)C2. The van der Waals surface area contributed by atoms with Crippen LogP contribution in [0.15, 0.2) is 0 Å². The lowest BCUT2D eigenvalue weighted by Gasteiger charge is -2.59. The van der Waals surface area contributed by atoms with Crippen LogP contribution in [-0.4, -0.2) is 67.0 Å². The minimum absolute atomic E-state index is 0.0442. The van der Waals surface area contributed by atoms with Gasteiger partial charge in [-0.3, -0.25) is 23.9 Å². The molecule has 0 spiro atoms. The fraction of sp³-hybridized carbons (Fsp3) is 0.871. The zero-order chi connectivity index (χ0) is 32.3. The predicted octanol–water partition coefficient (Wildman–Crippen LogP) is 3.56. The molecule has 11 nitrogen and oxygen atoms in total. The van der Waals surface area contributed by atoms with Crippen molar-refractivity contribution in [2.75, 3.05) is 12.9 Å². The highest BCUT2D eigenvalue weighted by atomic mass is 32.2. The Balaban J connectivity index is 1.62. The maximum Gasteiger partial charge on any atom is 0.312 e. The first-order valence-corrected chi connectivity index (χ1v) is 17.3. The summed E-state index contributed by atoms with van der Waals surface area (Å²) < 4.78 is 43.1. The van der Waals surface area contributed by atoms with Gasteiger partial charge in [-0.25, -0.2) is 8.42 Å². The molecular formula is C31H49NO10S. The second kappa shape index (κ2) is 11.0. The summed E-state index contributed by atoms with van der Waals surface area (Å²) in [6, 6.07) is 0. The van der Waals surface area contributed by atoms with Crippen molar-refractivity contribution in [1.29, 1.82) is 0 Å². The van der Waals surface area contributed by atoms with Crippen molar-refractivity contribution in [3.8, 4) is 0 Å². The zero-order valence-corrected chi connectivity index (χ0v) is 27.5. The van der Waals surface area contributed by atoms with E-state index in [0.29, 0.717) is 43.9 Å². The van der Waals surface area contributed by atoms with Crippen molar-refractivity contribution in [1.82, 2.24) is 4.72 Å². The first kappa shape index (κ1) is 33.7. The van der Waals surface area contributed by atoms with Crippen LogP contribution in [0.2, 0.25) is 0 Å². The van der Waals surface area contributed by atoms with Gasteiger partial charge in [-0.15, -0.1) is 0 Å². The van der Waals surface area contributed by atoms with E-state index in [9.17, 15) is 32.7 Å². The molecule has 43 heavy (non-hydrogen) atoms. The molecule has 4 bridgehead atoms. The molecule has 0 aromatic rings. The van der Waals surface area contributed by atoms with Gasteiger partial charge in [0.1, 0.15) is 11.2 Å². The van der Waals surface area contributed by atoms with E-state index < -0.39 is 66.9 Å². The number of carbonyl (C=O) groups excluding carboxylic acids is 4. The lowest BCUT2D eigenvalue weighted by molar-refractivity contribution is -0.227. The fourth-order valence-electron chi connectivity index (χ4n) is 8.60. The second-order valence-corrected chi connectivity index (χ2v) is 17.4. The number of esters is 3. The van der Waals surface area contributed by atoms with Crippen LogP contribution in [-0.2, 0) is 43.4 Å². The lowest BCUT2D eigenvalue weighted by atomic mass is 9.52. The summed E-state index contributed by atoms with van der Waals surface area (Å²) >= 11 is 0. The number of cyclic esters (lactones) is 1. The van der Waals surface area contributed by atoms with Gasteiger partial charge in [-0.1, -0.05) is 20.8 Å². The molecule has 5 unspecified atom stereocenters. The van der Waals surface area contributed by atoms with Crippen LogP contribution in [0.3, 0.4) is 0 Å². The minimum Gasteiger partial charge on any atom is -0.465 e. The van der Waals surface area contributed by atoms with Crippen LogP contribution in [0.25, 0.3) is 0 Å². The Kier molecular flexibility index (Phi) is 8.61. The summed E-state index contributed by atoms with van der Waals surface area (Å²) in [6.07, 6.45) is 5.50. The van der Waals surface area contributed by atoms with Crippen molar-refractivity contribution in [3.05, 3.63) is 0 Å². The molecule has 1 heterocycles. The Labute approximate surface area is 255 Å². The first-order chi connectivity index (χ1) is 19.5. The molecule has 0 radical (unpaired) electrons. The van der Waals surface area contributed by atoms with Crippen LogP contribution in [0.5, 0.6) is 0 Å². The highest BCUT2D eigenvalue weighted by Crippen LogP contribution is 2.59. The number of amides is 1. The molecule has 4 saturated carbocycles. The molecule has 1 saturated heterocycles. The van der Waals surface area contributed by atoms with Crippen LogP contribution < -0.4 is 4.72 Å². The molecular weight excluding hydrogens is 578 g/mol. The number of nitrogens with one attached hydrogen (secondary N) is 1. The van der Waals surface area contributed by atoms with Crippen molar-refractivity contribution >= 4 is 33.8 Å². The summed E-state index contributed by atoms with van der Waals surface area (Å²) in [5, 5.41) is 11.2. The quantitative estimate of drug-likeness (QED) is 0.256. The third-order valence-corrected chi connectivity index (χ3v) is 10.9. The summed E-state index contributed by atoms with van der Waals surface area (Å²) in [6.45, 7) is 10.0. The van der Waals surface area contributed by atoms with E-state index in [1.165, 1.54) is 13.8 Å². The minimum atomic E-state index is -3.87. The Morgan fingerprint density at radius 3 is 2.09 bits per heavy atom. The van der Waals surface area contributed by atoms with E-state index in [1.807, 2.05) is 11.6 Å². The van der Waals surface area contributed by atoms with Crippen LogP contribution in [0, 0.1) is 28.1 Å². The van der Waals surface area contributed by atoms with Gasteiger partial charge in [0.05, 0.1) is 35.7 Å². The molecule has 4 aliphatic carbocycles. The molecule has 0 aromatic heterocycles. The molecule has 1 amide bonds. The van der Waals surface area contributed by atoms with Crippen LogP contribution in [0.1, 0.15) is 112 Å². The van der Waals surface area contributed by atoms with Crippen LogP contribution >= 0.6 is 0 Å². The highest BCUT2D eigenvalue weighted by molar-refractivity contribution is 7.89. The third-order valence-electron chi connectivity index (χ3n) is 10.3. The second-order valence-electron chi connectivity index (χ2n) is 15.7. The summed E-state index contributed by atoms with van der Waals surface area (Å²) in [4.78, 5) is 53.3. The number of aliphatic hydroxyl groups is 1. The van der Waals surface area contributed by atoms with Gasteiger partial charge in [-0.05, 0) is 84.0 Å². The van der Waals surface area contributed by atoms with Gasteiger partial charge in [0, 0.05) is 18.3 Å². The topological polar surface area (TPSA) is 162 Å². The number of hydrogen-bond acceptors (Lipinski definition) is 10. The molecule has 5 atom stereocenters. The molecule has 244 valence electrons. The maximum atomic E-state index is 14.1. The predicted molar refractivity (Wildman–Crippen MR) is 156 cm³/mol. The Morgan fingerprint density at radius 1 is 1.00 bits per heavy atom. The van der Waals surface area contributed by atoms with Crippen LogP contribution in [0.4, 0.5) is 0 Å². The largest absolute Gasteiger partial charge is 0.465 e. The fourth-order valence-corrected chi connectivity index (χ4v) is 9.21. The van der Waals surface area contributed by atoms with Gasteiger partial charge in [0.2, 0.25) is 15.9 Å². The number of hydrogen-bond donors (Lipinski definition) is 2. The van der Waals surface area contributed by atoms with Gasteiger partial charge < -0.3 is 19.3 Å². The average molecular weight is 628 g/mol. The smallest absolute Gasteiger partial charge is 0.312 e. The summed E-state index contributed by atoms with van der Waals surface area (Å²) in [5.41, 5.74) is -6.68. The van der Waals surface area contributed by atoms with E-state index in [1.54, 1.807) is 20.8 Å². The average Bonchev–Trinajstić information content (AvgIpc) is 2.80. The number of ether oxygens (including phenoxy) is 3. The zero-order valence-electron chi connectivity index (χ0n) is 26.7. The molecule has 12 heteroatoms. The van der Waals surface area contributed by atoms with E-state index in [2.05, 4.69) is 0 Å². The normalized spacial score (nSPS) is 34.8. The van der Waals surface area contributed by atoms with Gasteiger partial charge in [0.25, 0.3) is 0 Å². The van der Waals surface area contributed by atoms with Gasteiger partial charge in [-0.2, -0.15) is 0 Å². The van der Waals surface area contributed by atoms with Gasteiger partial charge in [0.15, 0.2) is 0 Å². The Bertz CT molecular complexity index is 1260. The van der Waals surface area contributed by atoms with E-state index >= 15 is 0 Å². The van der Waals surface area contributed by atoms with E-state index in [-0.39, 0.29) is 25.9 Å². The number of sulfonamides is 1. The molecule has 1 aliphatic heterocycles. The maximum absolute atomic E-state index is 14.1.